The number of benzene rings is 1. The summed E-state index contributed by atoms with van der Waals surface area (Å²) in [6.07, 6.45) is 1.11. The van der Waals surface area contributed by atoms with Crippen LogP contribution < -0.4 is 4.74 Å². The summed E-state index contributed by atoms with van der Waals surface area (Å²) < 4.78 is 5.31. The van der Waals surface area contributed by atoms with Crippen LogP contribution in [0, 0.1) is 0 Å². The molecule has 2 aliphatic rings. The predicted molar refractivity (Wildman–Crippen MR) is 78.0 cm³/mol. The molecule has 108 valence electrons. The first-order valence-electron chi connectivity index (χ1n) is 7.21. The van der Waals surface area contributed by atoms with Crippen LogP contribution >= 0.6 is 0 Å². The third-order valence-electron chi connectivity index (χ3n) is 5.12. The summed E-state index contributed by atoms with van der Waals surface area (Å²) >= 11 is 0. The Balaban J connectivity index is 2.15. The van der Waals surface area contributed by atoms with Gasteiger partial charge in [0.25, 0.3) is 0 Å². The molecule has 1 aromatic carbocycles. The summed E-state index contributed by atoms with van der Waals surface area (Å²) in [4.78, 5) is 0. The second-order valence-electron chi connectivity index (χ2n) is 6.23. The Morgan fingerprint density at radius 2 is 2.00 bits per heavy atom. The fourth-order valence-electron chi connectivity index (χ4n) is 4.00. The van der Waals surface area contributed by atoms with Crippen molar-refractivity contribution >= 4 is 0 Å². The highest BCUT2D eigenvalue weighted by Crippen LogP contribution is 2.49. The molecule has 20 heavy (non-hydrogen) atoms. The molecular weight excluding hydrogens is 252 g/mol. The summed E-state index contributed by atoms with van der Waals surface area (Å²) in [5, 5.41) is 20.3. The zero-order chi connectivity index (χ0) is 14.5. The lowest BCUT2D eigenvalue weighted by molar-refractivity contribution is 0.0133. The van der Waals surface area contributed by atoms with Crippen LogP contribution in [0.25, 0.3) is 0 Å². The quantitative estimate of drug-likeness (QED) is 0.773. The van der Waals surface area contributed by atoms with Crippen LogP contribution in [0.5, 0.6) is 5.75 Å². The third-order valence-corrected chi connectivity index (χ3v) is 5.12. The molecule has 0 aromatic heterocycles. The zero-order valence-corrected chi connectivity index (χ0v) is 12.3. The van der Waals surface area contributed by atoms with Crippen LogP contribution in [0.3, 0.4) is 0 Å². The number of aryl methyl sites for hydroxylation is 1. The van der Waals surface area contributed by atoms with Crippen LogP contribution in [0.15, 0.2) is 29.3 Å². The van der Waals surface area contributed by atoms with E-state index in [2.05, 4.69) is 19.1 Å². The molecule has 0 bridgehead atoms. The molecule has 1 aromatic rings. The summed E-state index contributed by atoms with van der Waals surface area (Å²) in [5.41, 5.74) is 4.65. The largest absolute Gasteiger partial charge is 0.497 e. The fraction of sp³-hybridized carbons (Fsp3) is 0.529. The van der Waals surface area contributed by atoms with Gasteiger partial charge in [0.15, 0.2) is 0 Å². The van der Waals surface area contributed by atoms with Gasteiger partial charge >= 0.3 is 0 Å². The van der Waals surface area contributed by atoms with E-state index in [0.29, 0.717) is 6.42 Å². The number of hydrogen-bond donors (Lipinski definition) is 2. The van der Waals surface area contributed by atoms with E-state index >= 15 is 0 Å². The second kappa shape index (κ2) is 4.61. The van der Waals surface area contributed by atoms with Crippen LogP contribution in [0.2, 0.25) is 0 Å². The fourth-order valence-corrected chi connectivity index (χ4v) is 4.00. The molecule has 0 saturated heterocycles. The Kier molecular flexibility index (Phi) is 3.14. The van der Waals surface area contributed by atoms with E-state index in [1.54, 1.807) is 7.11 Å². The van der Waals surface area contributed by atoms with Crippen molar-refractivity contribution in [1.82, 2.24) is 0 Å². The molecule has 0 amide bonds. The number of hydrogen-bond acceptors (Lipinski definition) is 3. The van der Waals surface area contributed by atoms with Gasteiger partial charge < -0.3 is 14.9 Å². The van der Waals surface area contributed by atoms with Gasteiger partial charge in [0.1, 0.15) is 11.9 Å². The summed E-state index contributed by atoms with van der Waals surface area (Å²) in [7, 11) is 1.68. The molecule has 0 aliphatic heterocycles. The number of aliphatic hydroxyl groups excluding tert-OH is 2. The highest BCUT2D eigenvalue weighted by Gasteiger charge is 2.44. The van der Waals surface area contributed by atoms with Gasteiger partial charge in [0, 0.05) is 5.41 Å². The van der Waals surface area contributed by atoms with Gasteiger partial charge in [-0.1, -0.05) is 18.6 Å². The molecule has 0 saturated carbocycles. The minimum Gasteiger partial charge on any atom is -0.497 e. The van der Waals surface area contributed by atoms with E-state index in [1.165, 1.54) is 16.7 Å². The molecule has 0 spiro atoms. The molecule has 0 fully saturated rings. The predicted octanol–water partition coefficient (Wildman–Crippen LogP) is 2.34. The van der Waals surface area contributed by atoms with Crippen molar-refractivity contribution in [2.45, 2.75) is 50.7 Å². The van der Waals surface area contributed by atoms with Gasteiger partial charge in [0.05, 0.1) is 13.2 Å². The number of aliphatic hydroxyl groups is 2. The van der Waals surface area contributed by atoms with Crippen molar-refractivity contribution in [3.8, 4) is 5.75 Å². The summed E-state index contributed by atoms with van der Waals surface area (Å²) in [5.74, 6) is 0.882. The molecule has 0 heterocycles. The van der Waals surface area contributed by atoms with Crippen LogP contribution in [0.1, 0.15) is 37.8 Å². The topological polar surface area (TPSA) is 49.7 Å². The molecule has 3 heteroatoms. The van der Waals surface area contributed by atoms with Crippen molar-refractivity contribution in [1.29, 1.82) is 0 Å². The van der Waals surface area contributed by atoms with E-state index in [4.69, 9.17) is 4.74 Å². The number of methoxy groups -OCH3 is 1. The average Bonchev–Trinajstić information content (AvgIpc) is 2.44. The maximum absolute atomic E-state index is 10.2. The molecule has 0 radical (unpaired) electrons. The van der Waals surface area contributed by atoms with Crippen LogP contribution in [-0.2, 0) is 11.8 Å². The molecule has 2 aliphatic carbocycles. The second-order valence-corrected chi connectivity index (χ2v) is 6.23. The van der Waals surface area contributed by atoms with E-state index < -0.39 is 12.2 Å². The molecule has 3 nitrogen and oxygen atoms in total. The van der Waals surface area contributed by atoms with E-state index in [9.17, 15) is 10.2 Å². The Morgan fingerprint density at radius 1 is 1.25 bits per heavy atom. The molecule has 3 atom stereocenters. The van der Waals surface area contributed by atoms with Crippen molar-refractivity contribution in [2.75, 3.05) is 7.11 Å². The SMILES string of the molecule is COc1ccc2c(c1)CCC1=C(C)C(O)C(O)C[C@@]12C. The number of fused-ring (bicyclic) bond motifs is 3. The normalized spacial score (nSPS) is 32.6. The van der Waals surface area contributed by atoms with Crippen molar-refractivity contribution in [3.05, 3.63) is 40.5 Å². The van der Waals surface area contributed by atoms with Gasteiger partial charge in [-0.05, 0) is 55.0 Å². The smallest absolute Gasteiger partial charge is 0.119 e. The highest BCUT2D eigenvalue weighted by molar-refractivity contribution is 5.51. The minimum absolute atomic E-state index is 0.164. The lowest BCUT2D eigenvalue weighted by atomic mass is 9.60. The van der Waals surface area contributed by atoms with Gasteiger partial charge in [-0.2, -0.15) is 0 Å². The van der Waals surface area contributed by atoms with E-state index in [0.717, 1.165) is 24.2 Å². The third kappa shape index (κ3) is 1.80. The van der Waals surface area contributed by atoms with Crippen molar-refractivity contribution < 1.29 is 14.9 Å². The number of ether oxygens (including phenoxy) is 1. The average molecular weight is 274 g/mol. The Morgan fingerprint density at radius 3 is 2.70 bits per heavy atom. The first-order valence-corrected chi connectivity index (χ1v) is 7.21. The van der Waals surface area contributed by atoms with Gasteiger partial charge in [-0.15, -0.1) is 0 Å². The Bertz CT molecular complexity index is 576. The maximum Gasteiger partial charge on any atom is 0.119 e. The lowest BCUT2D eigenvalue weighted by Gasteiger charge is -2.46. The number of rotatable bonds is 1. The Hall–Kier alpha value is -1.32. The lowest BCUT2D eigenvalue weighted by Crippen LogP contribution is -2.45. The van der Waals surface area contributed by atoms with E-state index in [1.807, 2.05) is 13.0 Å². The highest BCUT2D eigenvalue weighted by atomic mass is 16.5. The van der Waals surface area contributed by atoms with Crippen LogP contribution in [-0.4, -0.2) is 29.5 Å². The number of allylic oxidation sites excluding steroid dienone is 1. The van der Waals surface area contributed by atoms with Gasteiger partial charge in [-0.25, -0.2) is 0 Å². The Labute approximate surface area is 119 Å². The van der Waals surface area contributed by atoms with Crippen LogP contribution in [0.4, 0.5) is 0 Å². The first-order chi connectivity index (χ1) is 9.47. The molecule has 3 rings (SSSR count). The molecule has 2 unspecified atom stereocenters. The molecular formula is C17H22O3. The minimum atomic E-state index is -0.710. The van der Waals surface area contributed by atoms with E-state index in [-0.39, 0.29) is 5.41 Å². The summed E-state index contributed by atoms with van der Waals surface area (Å²) in [6.45, 7) is 4.14. The van der Waals surface area contributed by atoms with Crippen molar-refractivity contribution in [3.63, 3.8) is 0 Å². The molecule has 2 N–H and O–H groups in total. The van der Waals surface area contributed by atoms with Crippen molar-refractivity contribution in [2.24, 2.45) is 0 Å². The standard InChI is InChI=1S/C17H22O3/c1-10-13-6-4-11-8-12(20-3)5-7-14(11)17(13,2)9-15(18)16(10)19/h5,7-8,15-16,18-19H,4,6,9H2,1-3H3/t15?,16?,17-/m0/s1. The zero-order valence-electron chi connectivity index (χ0n) is 12.3. The maximum atomic E-state index is 10.2. The van der Waals surface area contributed by atoms with Gasteiger partial charge in [0.2, 0.25) is 0 Å². The monoisotopic (exact) mass is 274 g/mol. The summed E-state index contributed by atoms with van der Waals surface area (Å²) in [6, 6.07) is 6.20. The first kappa shape index (κ1) is 13.7. The van der Waals surface area contributed by atoms with Gasteiger partial charge in [-0.3, -0.25) is 0 Å².